The lowest BCUT2D eigenvalue weighted by molar-refractivity contribution is -0.384. The number of nitro benzene ring substituents is 1. The Morgan fingerprint density at radius 2 is 1.88 bits per heavy atom. The van der Waals surface area contributed by atoms with E-state index < -0.39 is 11.0 Å². The van der Waals surface area contributed by atoms with Crippen LogP contribution in [0.3, 0.4) is 0 Å². The molecule has 8 nitrogen and oxygen atoms in total. The van der Waals surface area contributed by atoms with Gasteiger partial charge in [-0.3, -0.25) is 14.9 Å². The highest BCUT2D eigenvalue weighted by molar-refractivity contribution is 6.06. The predicted octanol–water partition coefficient (Wildman–Crippen LogP) is 2.95. The number of nitrogens with zero attached hydrogens (tertiary/aromatic N) is 1. The minimum absolute atomic E-state index is 0.0480. The molecule has 2 heterocycles. The molecule has 25 heavy (non-hydrogen) atoms. The lowest BCUT2D eigenvalue weighted by atomic mass is 10.0. The zero-order valence-corrected chi connectivity index (χ0v) is 13.1. The molecule has 1 atom stereocenters. The number of Topliss-reactive ketones (excluding diaryl/α,β-unsaturated/α-hetero) is 1. The number of carbonyl (C=O) groups excluding carboxylic acids is 1. The maximum atomic E-state index is 12.7. The number of fused-ring (bicyclic) bond motifs is 1. The topological polar surface area (TPSA) is 103 Å². The van der Waals surface area contributed by atoms with Gasteiger partial charge in [-0.1, -0.05) is 12.1 Å². The summed E-state index contributed by atoms with van der Waals surface area (Å²) in [5, 5.41) is 16.8. The minimum atomic E-state index is -0.778. The van der Waals surface area contributed by atoms with Crippen LogP contribution in [0.1, 0.15) is 11.7 Å². The summed E-state index contributed by atoms with van der Waals surface area (Å²) in [5.74, 6) is 0.735. The molecule has 8 heteroatoms. The van der Waals surface area contributed by atoms with Crippen LogP contribution >= 0.6 is 0 Å². The largest absolute Gasteiger partial charge is 0.497 e. The fraction of sp³-hybridized carbons (Fsp3) is 0.118. The molecule has 0 fully saturated rings. The molecule has 0 spiro atoms. The first-order chi connectivity index (χ1) is 12.1. The van der Waals surface area contributed by atoms with Crippen LogP contribution < -0.4 is 15.4 Å². The molecule has 0 amide bonds. The molecule has 2 N–H and O–H groups in total. The van der Waals surface area contributed by atoms with Gasteiger partial charge in [-0.15, -0.1) is 0 Å². The molecule has 2 aliphatic rings. The average Bonchev–Trinajstić information content (AvgIpc) is 2.95. The Bertz CT molecular complexity index is 920. The highest BCUT2D eigenvalue weighted by atomic mass is 16.6. The summed E-state index contributed by atoms with van der Waals surface area (Å²) in [4.78, 5) is 23.1. The lowest BCUT2D eigenvalue weighted by Crippen LogP contribution is -2.18. The highest BCUT2D eigenvalue weighted by Gasteiger charge is 2.39. The van der Waals surface area contributed by atoms with Gasteiger partial charge in [0.2, 0.25) is 11.7 Å². The number of rotatable bonds is 3. The van der Waals surface area contributed by atoms with Crippen molar-refractivity contribution in [2.45, 2.75) is 6.10 Å². The molecule has 2 aromatic carbocycles. The molecular formula is C17H13N3O5. The molecule has 4 rings (SSSR count). The van der Waals surface area contributed by atoms with Gasteiger partial charge in [0.25, 0.3) is 5.69 Å². The number of nitrogens with one attached hydrogen (secondary N) is 2. The van der Waals surface area contributed by atoms with Crippen molar-refractivity contribution in [1.29, 1.82) is 0 Å². The summed E-state index contributed by atoms with van der Waals surface area (Å²) in [5.41, 5.74) is 2.02. The minimum Gasteiger partial charge on any atom is -0.497 e. The first kappa shape index (κ1) is 15.0. The Morgan fingerprint density at radius 3 is 2.56 bits per heavy atom. The smallest absolute Gasteiger partial charge is 0.271 e. The van der Waals surface area contributed by atoms with Gasteiger partial charge in [-0.05, 0) is 18.2 Å². The number of nitro groups is 1. The number of hydrogen-bond donors (Lipinski definition) is 2. The number of carbonyl (C=O) groups is 1. The van der Waals surface area contributed by atoms with Crippen molar-refractivity contribution in [3.63, 3.8) is 0 Å². The summed E-state index contributed by atoms with van der Waals surface area (Å²) in [6.07, 6.45) is -0.778. The second-order valence-corrected chi connectivity index (χ2v) is 5.58. The first-order valence-electron chi connectivity index (χ1n) is 7.48. The second-order valence-electron chi connectivity index (χ2n) is 5.58. The van der Waals surface area contributed by atoms with Crippen LogP contribution in [-0.2, 0) is 9.53 Å². The van der Waals surface area contributed by atoms with Crippen LogP contribution in [0.4, 0.5) is 17.1 Å². The van der Waals surface area contributed by atoms with E-state index in [2.05, 4.69) is 10.6 Å². The van der Waals surface area contributed by atoms with Crippen LogP contribution in [-0.4, -0.2) is 17.8 Å². The molecule has 0 radical (unpaired) electrons. The number of ketones is 1. The summed E-state index contributed by atoms with van der Waals surface area (Å²) in [7, 11) is 1.57. The van der Waals surface area contributed by atoms with E-state index in [0.717, 1.165) is 0 Å². The monoisotopic (exact) mass is 339 g/mol. The Morgan fingerprint density at radius 1 is 1.12 bits per heavy atom. The van der Waals surface area contributed by atoms with Crippen molar-refractivity contribution < 1.29 is 19.2 Å². The SMILES string of the molecule is COc1ccc(C2OC3=C(Nc4ccc([N+](=O)[O-])cc4N3)C2=O)cc1. The third-order valence-corrected chi connectivity index (χ3v) is 4.09. The number of benzene rings is 2. The standard InChI is InChI=1S/C17H13N3O5/c1-24-11-5-2-9(3-6-11)16-15(21)14-17(25-16)19-13-8-10(20(22)23)4-7-12(13)18-14/h2-8,16,18-19H,1H3. The molecule has 2 aromatic rings. The fourth-order valence-electron chi connectivity index (χ4n) is 2.80. The van der Waals surface area contributed by atoms with Gasteiger partial charge in [-0.25, -0.2) is 0 Å². The van der Waals surface area contributed by atoms with Gasteiger partial charge >= 0.3 is 0 Å². The molecule has 0 saturated carbocycles. The molecule has 126 valence electrons. The van der Waals surface area contributed by atoms with Crippen molar-refractivity contribution in [2.75, 3.05) is 17.7 Å². The van der Waals surface area contributed by atoms with Crippen molar-refractivity contribution >= 4 is 22.8 Å². The van der Waals surface area contributed by atoms with E-state index in [0.29, 0.717) is 28.4 Å². The Balaban J connectivity index is 1.61. The third-order valence-electron chi connectivity index (χ3n) is 4.09. The van der Waals surface area contributed by atoms with E-state index in [-0.39, 0.29) is 17.4 Å². The Kier molecular flexibility index (Phi) is 3.31. The van der Waals surface area contributed by atoms with E-state index in [4.69, 9.17) is 9.47 Å². The molecule has 0 aliphatic carbocycles. The van der Waals surface area contributed by atoms with Crippen LogP contribution in [0.15, 0.2) is 54.0 Å². The van der Waals surface area contributed by atoms with Crippen LogP contribution in [0.2, 0.25) is 0 Å². The molecular weight excluding hydrogens is 326 g/mol. The van der Waals surface area contributed by atoms with Gasteiger partial charge in [0.15, 0.2) is 6.10 Å². The van der Waals surface area contributed by atoms with E-state index in [1.165, 1.54) is 12.1 Å². The van der Waals surface area contributed by atoms with Crippen LogP contribution in [0.5, 0.6) is 5.75 Å². The van der Waals surface area contributed by atoms with Gasteiger partial charge in [0.1, 0.15) is 11.4 Å². The average molecular weight is 339 g/mol. The van der Waals surface area contributed by atoms with Gasteiger partial charge in [0.05, 0.1) is 23.4 Å². The summed E-state index contributed by atoms with van der Waals surface area (Å²) >= 11 is 0. The molecule has 1 unspecified atom stereocenters. The fourth-order valence-corrected chi connectivity index (χ4v) is 2.80. The molecule has 2 aliphatic heterocycles. The summed E-state index contributed by atoms with van der Waals surface area (Å²) < 4.78 is 10.9. The zero-order valence-electron chi connectivity index (χ0n) is 13.1. The normalized spacial score (nSPS) is 17.8. The van der Waals surface area contributed by atoms with Crippen molar-refractivity contribution in [1.82, 2.24) is 0 Å². The maximum absolute atomic E-state index is 12.7. The van der Waals surface area contributed by atoms with E-state index in [9.17, 15) is 14.9 Å². The number of methoxy groups -OCH3 is 1. The summed E-state index contributed by atoms with van der Waals surface area (Å²) in [6, 6.07) is 11.3. The quantitative estimate of drug-likeness (QED) is 0.654. The number of hydrogen-bond acceptors (Lipinski definition) is 7. The molecule has 0 aromatic heterocycles. The van der Waals surface area contributed by atoms with Crippen molar-refractivity contribution in [3.05, 3.63) is 69.7 Å². The van der Waals surface area contributed by atoms with Crippen LogP contribution in [0.25, 0.3) is 0 Å². The van der Waals surface area contributed by atoms with E-state index in [1.54, 1.807) is 37.4 Å². The number of non-ortho nitro benzene ring substituents is 1. The Hall–Kier alpha value is -3.55. The van der Waals surface area contributed by atoms with Gasteiger partial charge < -0.3 is 20.1 Å². The lowest BCUT2D eigenvalue weighted by Gasteiger charge is -2.19. The van der Waals surface area contributed by atoms with E-state index >= 15 is 0 Å². The summed E-state index contributed by atoms with van der Waals surface area (Å²) in [6.45, 7) is 0. The van der Waals surface area contributed by atoms with Crippen molar-refractivity contribution in [3.8, 4) is 5.75 Å². The van der Waals surface area contributed by atoms with Crippen molar-refractivity contribution in [2.24, 2.45) is 0 Å². The first-order valence-corrected chi connectivity index (χ1v) is 7.48. The molecule has 0 bridgehead atoms. The van der Waals surface area contributed by atoms with Gasteiger partial charge in [-0.2, -0.15) is 0 Å². The predicted molar refractivity (Wildman–Crippen MR) is 89.2 cm³/mol. The Labute approximate surface area is 142 Å². The zero-order chi connectivity index (χ0) is 17.6. The number of ether oxygens (including phenoxy) is 2. The van der Waals surface area contributed by atoms with Crippen LogP contribution in [0, 0.1) is 10.1 Å². The highest BCUT2D eigenvalue weighted by Crippen LogP contribution is 2.40. The molecule has 0 saturated heterocycles. The maximum Gasteiger partial charge on any atom is 0.271 e. The number of anilines is 2. The van der Waals surface area contributed by atoms with Gasteiger partial charge in [0, 0.05) is 17.7 Å². The third kappa shape index (κ3) is 2.44. The second kappa shape index (κ2) is 5.52. The van der Waals surface area contributed by atoms with E-state index in [1.807, 2.05) is 0 Å².